The van der Waals surface area contributed by atoms with Gasteiger partial charge in [0, 0.05) is 13.1 Å². The predicted octanol–water partition coefficient (Wildman–Crippen LogP) is 5.49. The topological polar surface area (TPSA) is 62.8 Å². The Labute approximate surface area is 224 Å². The molecule has 1 aliphatic heterocycles. The van der Waals surface area contributed by atoms with Crippen LogP contribution in [0.2, 0.25) is 0 Å². The molecular weight excluding hydrogens is 474 g/mol. The van der Waals surface area contributed by atoms with E-state index in [9.17, 15) is 4.79 Å². The zero-order valence-electron chi connectivity index (χ0n) is 21.3. The standard InChI is InChI=1S/C32H33N3O3/c36-32-33-30(20-25-16-18-29(19-17-25)37-23-27-12-6-2-7-13-27)31(38-24-28-14-8-3-9-15-28)22-35(34-32)21-26-10-4-1-5-11-26/h1-19,30-31H,20-24H2,(H2,33,34,36)/t30-,31-/m1/s1. The second-order valence-corrected chi connectivity index (χ2v) is 9.52. The van der Waals surface area contributed by atoms with Gasteiger partial charge in [-0.3, -0.25) is 5.43 Å². The minimum Gasteiger partial charge on any atom is -0.489 e. The quantitative estimate of drug-likeness (QED) is 0.298. The van der Waals surface area contributed by atoms with Crippen LogP contribution in [-0.2, 0) is 30.9 Å². The molecular formula is C32H33N3O3. The second-order valence-electron chi connectivity index (χ2n) is 9.52. The first-order chi connectivity index (χ1) is 18.7. The lowest BCUT2D eigenvalue weighted by Gasteiger charge is -2.28. The normalized spacial score (nSPS) is 17.7. The molecule has 1 fully saturated rings. The number of hydrogen-bond donors (Lipinski definition) is 2. The highest BCUT2D eigenvalue weighted by Crippen LogP contribution is 2.19. The average molecular weight is 508 g/mol. The first kappa shape index (κ1) is 25.5. The number of carbonyl (C=O) groups is 1. The first-order valence-corrected chi connectivity index (χ1v) is 13.0. The van der Waals surface area contributed by atoms with Crippen LogP contribution in [0.4, 0.5) is 4.79 Å². The van der Waals surface area contributed by atoms with Gasteiger partial charge >= 0.3 is 6.03 Å². The molecule has 38 heavy (non-hydrogen) atoms. The zero-order chi connectivity index (χ0) is 26.0. The molecule has 0 bridgehead atoms. The third kappa shape index (κ3) is 7.44. The summed E-state index contributed by atoms with van der Waals surface area (Å²) in [5, 5.41) is 5.07. The summed E-state index contributed by atoms with van der Waals surface area (Å²) in [7, 11) is 0. The molecule has 0 spiro atoms. The first-order valence-electron chi connectivity index (χ1n) is 13.0. The monoisotopic (exact) mass is 507 g/mol. The lowest BCUT2D eigenvalue weighted by atomic mass is 10.0. The highest BCUT2D eigenvalue weighted by molar-refractivity contribution is 5.74. The van der Waals surface area contributed by atoms with Crippen molar-refractivity contribution in [3.05, 3.63) is 138 Å². The van der Waals surface area contributed by atoms with Crippen LogP contribution in [0.1, 0.15) is 22.3 Å². The van der Waals surface area contributed by atoms with Crippen molar-refractivity contribution in [3.8, 4) is 5.75 Å². The SMILES string of the molecule is O=C1N[C@H](Cc2ccc(OCc3ccccc3)cc2)[C@H](OCc2ccccc2)CN(Cc2ccccc2)N1. The van der Waals surface area contributed by atoms with Crippen LogP contribution in [0.5, 0.6) is 5.75 Å². The number of nitrogens with zero attached hydrogens (tertiary/aromatic N) is 1. The Hall–Kier alpha value is -4.13. The molecule has 2 atom stereocenters. The van der Waals surface area contributed by atoms with Crippen LogP contribution in [0, 0.1) is 0 Å². The van der Waals surface area contributed by atoms with E-state index in [1.54, 1.807) is 0 Å². The number of rotatable bonds is 10. The summed E-state index contributed by atoms with van der Waals surface area (Å²) in [5.74, 6) is 0.815. The number of ether oxygens (including phenoxy) is 2. The molecule has 4 aromatic carbocycles. The van der Waals surface area contributed by atoms with Gasteiger partial charge in [0.2, 0.25) is 0 Å². The van der Waals surface area contributed by atoms with Crippen LogP contribution in [0.25, 0.3) is 0 Å². The molecule has 6 heteroatoms. The van der Waals surface area contributed by atoms with Crippen molar-refractivity contribution >= 4 is 6.03 Å². The number of urea groups is 1. The van der Waals surface area contributed by atoms with Crippen molar-refractivity contribution in [3.63, 3.8) is 0 Å². The fourth-order valence-corrected chi connectivity index (χ4v) is 4.58. The highest BCUT2D eigenvalue weighted by Gasteiger charge is 2.31. The zero-order valence-corrected chi connectivity index (χ0v) is 21.3. The van der Waals surface area contributed by atoms with Crippen LogP contribution in [0.3, 0.4) is 0 Å². The van der Waals surface area contributed by atoms with Gasteiger partial charge in [0.15, 0.2) is 0 Å². The van der Waals surface area contributed by atoms with Gasteiger partial charge in [-0.15, -0.1) is 0 Å². The van der Waals surface area contributed by atoms with Crippen molar-refractivity contribution < 1.29 is 14.3 Å². The molecule has 1 aliphatic rings. The number of benzene rings is 4. The van der Waals surface area contributed by atoms with Crippen molar-refractivity contribution in [2.75, 3.05) is 6.54 Å². The molecule has 6 nitrogen and oxygen atoms in total. The van der Waals surface area contributed by atoms with E-state index in [4.69, 9.17) is 9.47 Å². The molecule has 1 saturated heterocycles. The summed E-state index contributed by atoms with van der Waals surface area (Å²) < 4.78 is 12.4. The van der Waals surface area contributed by atoms with Crippen molar-refractivity contribution in [2.45, 2.75) is 38.3 Å². The molecule has 4 aromatic rings. The van der Waals surface area contributed by atoms with Gasteiger partial charge in [-0.1, -0.05) is 103 Å². The summed E-state index contributed by atoms with van der Waals surface area (Å²) in [5.41, 5.74) is 7.45. The summed E-state index contributed by atoms with van der Waals surface area (Å²) in [6.45, 7) is 2.16. The molecule has 0 saturated carbocycles. The smallest absolute Gasteiger partial charge is 0.329 e. The van der Waals surface area contributed by atoms with E-state index >= 15 is 0 Å². The maximum absolute atomic E-state index is 12.8. The fraction of sp³-hybridized carbons (Fsp3) is 0.219. The Morgan fingerprint density at radius 1 is 0.684 bits per heavy atom. The molecule has 2 amide bonds. The van der Waals surface area contributed by atoms with Gasteiger partial charge in [0.25, 0.3) is 0 Å². The molecule has 0 aliphatic carbocycles. The average Bonchev–Trinajstić information content (AvgIpc) is 3.10. The number of hydrogen-bond acceptors (Lipinski definition) is 4. The summed E-state index contributed by atoms with van der Waals surface area (Å²) >= 11 is 0. The summed E-state index contributed by atoms with van der Waals surface area (Å²) in [4.78, 5) is 12.8. The second kappa shape index (κ2) is 12.9. The number of nitrogens with one attached hydrogen (secondary N) is 2. The van der Waals surface area contributed by atoms with Gasteiger partial charge in [-0.25, -0.2) is 9.80 Å². The lowest BCUT2D eigenvalue weighted by molar-refractivity contribution is -0.00444. The van der Waals surface area contributed by atoms with Crippen molar-refractivity contribution in [1.82, 2.24) is 15.8 Å². The largest absolute Gasteiger partial charge is 0.489 e. The molecule has 0 aromatic heterocycles. The van der Waals surface area contributed by atoms with Crippen LogP contribution >= 0.6 is 0 Å². The van der Waals surface area contributed by atoms with Crippen LogP contribution in [0.15, 0.2) is 115 Å². The Morgan fingerprint density at radius 2 is 1.26 bits per heavy atom. The van der Waals surface area contributed by atoms with E-state index in [0.717, 1.165) is 28.0 Å². The van der Waals surface area contributed by atoms with Crippen molar-refractivity contribution in [1.29, 1.82) is 0 Å². The van der Waals surface area contributed by atoms with Crippen LogP contribution < -0.4 is 15.5 Å². The third-order valence-electron chi connectivity index (χ3n) is 6.58. The fourth-order valence-electron chi connectivity index (χ4n) is 4.58. The number of carbonyl (C=O) groups excluding carboxylic acids is 1. The highest BCUT2D eigenvalue weighted by atomic mass is 16.5. The molecule has 5 rings (SSSR count). The minimum atomic E-state index is -0.223. The molecule has 0 unspecified atom stereocenters. The third-order valence-corrected chi connectivity index (χ3v) is 6.58. The van der Waals surface area contributed by atoms with Gasteiger partial charge in [-0.05, 0) is 40.8 Å². The Balaban J connectivity index is 1.27. The van der Waals surface area contributed by atoms with Crippen molar-refractivity contribution in [2.24, 2.45) is 0 Å². The molecule has 1 heterocycles. The molecule has 194 valence electrons. The van der Waals surface area contributed by atoms with Gasteiger partial charge in [-0.2, -0.15) is 0 Å². The summed E-state index contributed by atoms with van der Waals surface area (Å²) in [6.07, 6.45) is 0.428. The van der Waals surface area contributed by atoms with E-state index in [1.807, 2.05) is 83.9 Å². The Morgan fingerprint density at radius 3 is 1.89 bits per heavy atom. The Kier molecular flexibility index (Phi) is 8.66. The Bertz CT molecular complexity index is 1270. The maximum Gasteiger partial charge on any atom is 0.329 e. The van der Waals surface area contributed by atoms with E-state index in [1.165, 1.54) is 0 Å². The molecule has 2 N–H and O–H groups in total. The lowest BCUT2D eigenvalue weighted by Crippen LogP contribution is -2.46. The minimum absolute atomic E-state index is 0.199. The van der Waals surface area contributed by atoms with E-state index in [-0.39, 0.29) is 18.2 Å². The maximum atomic E-state index is 12.8. The van der Waals surface area contributed by atoms with Gasteiger partial charge < -0.3 is 14.8 Å². The van der Waals surface area contributed by atoms with E-state index < -0.39 is 0 Å². The number of hydrazine groups is 1. The van der Waals surface area contributed by atoms with Gasteiger partial charge in [0.05, 0.1) is 18.8 Å². The van der Waals surface area contributed by atoms with Crippen LogP contribution in [-0.4, -0.2) is 29.7 Å². The van der Waals surface area contributed by atoms with E-state index in [2.05, 4.69) is 47.1 Å². The number of amides is 2. The summed E-state index contributed by atoms with van der Waals surface area (Å²) in [6, 6.07) is 38.0. The van der Waals surface area contributed by atoms with Gasteiger partial charge in [0.1, 0.15) is 12.4 Å². The molecule has 0 radical (unpaired) electrons. The predicted molar refractivity (Wildman–Crippen MR) is 148 cm³/mol. The van der Waals surface area contributed by atoms with E-state index in [0.29, 0.717) is 32.7 Å².